The van der Waals surface area contributed by atoms with Gasteiger partial charge in [-0.25, -0.2) is 19.0 Å². The van der Waals surface area contributed by atoms with Gasteiger partial charge < -0.3 is 4.74 Å². The Morgan fingerprint density at radius 2 is 1.97 bits per heavy atom. The van der Waals surface area contributed by atoms with Crippen LogP contribution < -0.4 is 4.74 Å². The molecule has 0 aliphatic rings. The van der Waals surface area contributed by atoms with Crippen molar-refractivity contribution in [3.63, 3.8) is 0 Å². The zero-order valence-corrected chi connectivity index (χ0v) is 17.4. The summed E-state index contributed by atoms with van der Waals surface area (Å²) >= 11 is 12.2. The first-order chi connectivity index (χ1) is 14.5. The zero-order chi connectivity index (χ0) is 21.1. The van der Waals surface area contributed by atoms with Crippen LogP contribution in [-0.4, -0.2) is 31.3 Å². The van der Waals surface area contributed by atoms with Crippen LogP contribution in [0.4, 0.5) is 4.39 Å². The number of nitrogens with zero attached hydrogens (tertiary/aromatic N) is 5. The average molecular weight is 444 g/mol. The molecule has 0 radical (unpaired) electrons. The van der Waals surface area contributed by atoms with Gasteiger partial charge >= 0.3 is 0 Å². The SMILES string of the molecule is Cc1ncc(-c2cnn(-c3ccncn3)c2)cc1OCCc1c(Cl)ccc(F)c1Cl. The maximum Gasteiger partial charge on any atom is 0.156 e. The second-order valence-corrected chi connectivity index (χ2v) is 7.25. The molecule has 152 valence electrons. The molecule has 0 amide bonds. The van der Waals surface area contributed by atoms with Crippen molar-refractivity contribution in [1.82, 2.24) is 24.7 Å². The van der Waals surface area contributed by atoms with E-state index >= 15 is 0 Å². The number of hydrogen-bond donors (Lipinski definition) is 0. The Kier molecular flexibility index (Phi) is 5.92. The molecule has 0 aliphatic heterocycles. The molecular formula is C21H16Cl2FN5O. The number of hydrogen-bond acceptors (Lipinski definition) is 5. The van der Waals surface area contributed by atoms with Crippen molar-refractivity contribution >= 4 is 23.2 Å². The minimum atomic E-state index is -0.503. The fourth-order valence-corrected chi connectivity index (χ4v) is 3.45. The lowest BCUT2D eigenvalue weighted by molar-refractivity contribution is 0.318. The summed E-state index contributed by atoms with van der Waals surface area (Å²) in [6.45, 7) is 2.13. The van der Waals surface area contributed by atoms with E-state index in [2.05, 4.69) is 20.1 Å². The minimum absolute atomic E-state index is 0.0202. The number of halogens is 3. The molecule has 0 bridgehead atoms. The topological polar surface area (TPSA) is 65.7 Å². The van der Waals surface area contributed by atoms with Crippen LogP contribution in [0.5, 0.6) is 5.75 Å². The van der Waals surface area contributed by atoms with Crippen LogP contribution in [0.15, 0.2) is 55.4 Å². The van der Waals surface area contributed by atoms with Gasteiger partial charge in [-0.1, -0.05) is 23.2 Å². The molecule has 0 spiro atoms. The van der Waals surface area contributed by atoms with Gasteiger partial charge in [-0.15, -0.1) is 0 Å². The molecule has 0 aliphatic carbocycles. The Labute approximate surface area is 182 Å². The van der Waals surface area contributed by atoms with Crippen LogP contribution in [0.25, 0.3) is 16.9 Å². The quantitative estimate of drug-likeness (QED) is 0.387. The van der Waals surface area contributed by atoms with Crippen LogP contribution in [0.2, 0.25) is 10.0 Å². The van der Waals surface area contributed by atoms with Crippen LogP contribution in [0.1, 0.15) is 11.3 Å². The molecule has 0 fully saturated rings. The molecule has 4 rings (SSSR count). The van der Waals surface area contributed by atoms with E-state index in [9.17, 15) is 4.39 Å². The third-order valence-electron chi connectivity index (χ3n) is 4.51. The second-order valence-electron chi connectivity index (χ2n) is 6.47. The van der Waals surface area contributed by atoms with Gasteiger partial charge in [0.25, 0.3) is 0 Å². The Balaban J connectivity index is 1.51. The Bertz CT molecular complexity index is 1180. The summed E-state index contributed by atoms with van der Waals surface area (Å²) in [5.74, 6) is 0.777. The highest BCUT2D eigenvalue weighted by Gasteiger charge is 2.12. The average Bonchev–Trinajstić information content (AvgIpc) is 3.25. The molecule has 0 atom stereocenters. The molecule has 3 aromatic heterocycles. The number of benzene rings is 1. The molecule has 1 aromatic carbocycles. The maximum absolute atomic E-state index is 13.7. The van der Waals surface area contributed by atoms with Gasteiger partial charge in [0.15, 0.2) is 5.82 Å². The lowest BCUT2D eigenvalue weighted by Gasteiger charge is -2.12. The number of aryl methyl sites for hydroxylation is 1. The van der Waals surface area contributed by atoms with E-state index < -0.39 is 5.82 Å². The smallest absolute Gasteiger partial charge is 0.156 e. The van der Waals surface area contributed by atoms with E-state index in [1.807, 2.05) is 19.2 Å². The van der Waals surface area contributed by atoms with E-state index in [1.54, 1.807) is 29.3 Å². The lowest BCUT2D eigenvalue weighted by atomic mass is 10.1. The number of aromatic nitrogens is 5. The molecule has 4 aromatic rings. The van der Waals surface area contributed by atoms with Crippen molar-refractivity contribution in [2.45, 2.75) is 13.3 Å². The van der Waals surface area contributed by atoms with Crippen LogP contribution >= 0.6 is 23.2 Å². The maximum atomic E-state index is 13.7. The Hall–Kier alpha value is -3.03. The minimum Gasteiger partial charge on any atom is -0.491 e. The summed E-state index contributed by atoms with van der Waals surface area (Å²) in [5, 5.41) is 4.77. The van der Waals surface area contributed by atoms with E-state index in [0.717, 1.165) is 16.8 Å². The predicted molar refractivity (Wildman–Crippen MR) is 113 cm³/mol. The van der Waals surface area contributed by atoms with E-state index in [1.165, 1.54) is 18.5 Å². The largest absolute Gasteiger partial charge is 0.491 e. The van der Waals surface area contributed by atoms with Gasteiger partial charge in [0.2, 0.25) is 0 Å². The Morgan fingerprint density at radius 3 is 2.77 bits per heavy atom. The first-order valence-corrected chi connectivity index (χ1v) is 9.82. The van der Waals surface area contributed by atoms with E-state index in [4.69, 9.17) is 27.9 Å². The molecule has 9 heteroatoms. The summed E-state index contributed by atoms with van der Waals surface area (Å²) in [4.78, 5) is 12.5. The van der Waals surface area contributed by atoms with Gasteiger partial charge in [0.05, 0.1) is 23.5 Å². The van der Waals surface area contributed by atoms with Crippen LogP contribution in [0, 0.1) is 12.7 Å². The van der Waals surface area contributed by atoms with Gasteiger partial charge in [-0.05, 0) is 30.7 Å². The highest BCUT2D eigenvalue weighted by molar-refractivity contribution is 6.36. The number of ether oxygens (including phenoxy) is 1. The van der Waals surface area contributed by atoms with Gasteiger partial charge in [-0.2, -0.15) is 5.10 Å². The molecule has 6 nitrogen and oxygen atoms in total. The van der Waals surface area contributed by atoms with Crippen LogP contribution in [0.3, 0.4) is 0 Å². The Morgan fingerprint density at radius 1 is 1.10 bits per heavy atom. The van der Waals surface area contributed by atoms with Crippen LogP contribution in [-0.2, 0) is 6.42 Å². The summed E-state index contributed by atoms with van der Waals surface area (Å²) in [5.41, 5.74) is 2.96. The molecule has 0 N–H and O–H groups in total. The van der Waals surface area contributed by atoms with Gasteiger partial charge in [0, 0.05) is 47.2 Å². The van der Waals surface area contributed by atoms with Crippen molar-refractivity contribution in [2.24, 2.45) is 0 Å². The lowest BCUT2D eigenvalue weighted by Crippen LogP contribution is -2.05. The first-order valence-electron chi connectivity index (χ1n) is 9.06. The summed E-state index contributed by atoms with van der Waals surface area (Å²) in [7, 11) is 0. The van der Waals surface area contributed by atoms with Crippen molar-refractivity contribution in [3.05, 3.63) is 82.5 Å². The van der Waals surface area contributed by atoms with Crippen molar-refractivity contribution in [3.8, 4) is 22.7 Å². The molecule has 30 heavy (non-hydrogen) atoms. The highest BCUT2D eigenvalue weighted by Crippen LogP contribution is 2.29. The fraction of sp³-hybridized carbons (Fsp3) is 0.143. The first kappa shape index (κ1) is 20.3. The zero-order valence-electron chi connectivity index (χ0n) is 15.9. The molecule has 0 saturated heterocycles. The molecule has 0 unspecified atom stereocenters. The normalized spacial score (nSPS) is 10.9. The van der Waals surface area contributed by atoms with Crippen molar-refractivity contribution in [2.75, 3.05) is 6.61 Å². The van der Waals surface area contributed by atoms with Crippen molar-refractivity contribution < 1.29 is 9.13 Å². The van der Waals surface area contributed by atoms with E-state index in [-0.39, 0.29) is 11.6 Å². The van der Waals surface area contributed by atoms with Crippen molar-refractivity contribution in [1.29, 1.82) is 0 Å². The number of rotatable bonds is 6. The predicted octanol–water partition coefficient (Wildman–Crippen LogP) is 5.10. The second kappa shape index (κ2) is 8.77. The fourth-order valence-electron chi connectivity index (χ4n) is 2.89. The van der Waals surface area contributed by atoms with E-state index in [0.29, 0.717) is 28.6 Å². The standard InChI is InChI=1S/C21H16Cl2FN5O/c1-13-19(30-7-5-16-17(22)2-3-18(24)21(16)23)8-14(9-26-13)15-10-28-29(11-15)20-4-6-25-12-27-20/h2-4,6,8-12H,5,7H2,1H3. The molecule has 3 heterocycles. The molecule has 0 saturated carbocycles. The third-order valence-corrected chi connectivity index (χ3v) is 5.27. The van der Waals surface area contributed by atoms with Gasteiger partial charge in [-0.3, -0.25) is 4.98 Å². The summed E-state index contributed by atoms with van der Waals surface area (Å²) in [6, 6.07) is 6.38. The summed E-state index contributed by atoms with van der Waals surface area (Å²) < 4.78 is 21.2. The third kappa shape index (κ3) is 4.27. The highest BCUT2D eigenvalue weighted by atomic mass is 35.5. The monoisotopic (exact) mass is 443 g/mol. The number of pyridine rings is 1. The van der Waals surface area contributed by atoms with Gasteiger partial charge in [0.1, 0.15) is 17.9 Å². The summed E-state index contributed by atoms with van der Waals surface area (Å²) in [6.07, 6.45) is 8.82. The molecular weight excluding hydrogens is 428 g/mol.